The number of benzene rings is 1. The van der Waals surface area contributed by atoms with Gasteiger partial charge in [-0.3, -0.25) is 0 Å². The van der Waals surface area contributed by atoms with Crippen LogP contribution in [0.25, 0.3) is 0 Å². The molecule has 0 unspecified atom stereocenters. The zero-order valence-corrected chi connectivity index (χ0v) is 12.8. The maximum Gasteiger partial charge on any atom is 0.243 e. The van der Waals surface area contributed by atoms with Gasteiger partial charge in [-0.05, 0) is 30.0 Å². The van der Waals surface area contributed by atoms with Crippen molar-refractivity contribution in [3.63, 3.8) is 0 Å². The summed E-state index contributed by atoms with van der Waals surface area (Å²) < 4.78 is 40.1. The average Bonchev–Trinajstić information content (AvgIpc) is 2.38. The fraction of sp³-hybridized carbons (Fsp3) is 0.571. The Labute approximate surface area is 120 Å². The number of sulfonamides is 1. The summed E-state index contributed by atoms with van der Waals surface area (Å²) in [7, 11) is -3.80. The molecule has 3 N–H and O–H groups in total. The van der Waals surface area contributed by atoms with Crippen molar-refractivity contribution in [3.05, 3.63) is 29.6 Å². The van der Waals surface area contributed by atoms with Gasteiger partial charge in [0.05, 0.1) is 0 Å². The molecule has 0 aliphatic rings. The van der Waals surface area contributed by atoms with Crippen LogP contribution in [0.2, 0.25) is 0 Å². The number of halogens is 1. The first kappa shape index (κ1) is 17.1. The number of rotatable bonds is 8. The lowest BCUT2D eigenvalue weighted by Crippen LogP contribution is -2.26. The SMILES string of the molecule is CC(C)CCCCNS(=O)(=O)c1cc(CN)ccc1F. The molecule has 0 fully saturated rings. The molecule has 0 atom stereocenters. The van der Waals surface area contributed by atoms with E-state index in [4.69, 9.17) is 5.73 Å². The molecule has 4 nitrogen and oxygen atoms in total. The first-order valence-corrected chi connectivity index (χ1v) is 8.33. The van der Waals surface area contributed by atoms with Crippen LogP contribution >= 0.6 is 0 Å². The van der Waals surface area contributed by atoms with Gasteiger partial charge in [0.1, 0.15) is 10.7 Å². The topological polar surface area (TPSA) is 72.2 Å². The van der Waals surface area contributed by atoms with E-state index in [1.165, 1.54) is 12.1 Å². The lowest BCUT2D eigenvalue weighted by Gasteiger charge is -2.09. The van der Waals surface area contributed by atoms with E-state index < -0.39 is 15.8 Å². The minimum absolute atomic E-state index is 0.178. The highest BCUT2D eigenvalue weighted by Gasteiger charge is 2.18. The van der Waals surface area contributed by atoms with Crippen LogP contribution in [0.1, 0.15) is 38.7 Å². The second-order valence-corrected chi connectivity index (χ2v) is 6.99. The van der Waals surface area contributed by atoms with E-state index in [0.29, 0.717) is 18.0 Å². The number of nitrogens with one attached hydrogen (secondary N) is 1. The summed E-state index contributed by atoms with van der Waals surface area (Å²) in [5.41, 5.74) is 6.03. The van der Waals surface area contributed by atoms with Gasteiger partial charge in [0.25, 0.3) is 0 Å². The molecule has 1 rings (SSSR count). The van der Waals surface area contributed by atoms with Gasteiger partial charge in [-0.2, -0.15) is 0 Å². The summed E-state index contributed by atoms with van der Waals surface area (Å²) in [5.74, 6) is -0.151. The van der Waals surface area contributed by atoms with E-state index in [-0.39, 0.29) is 11.4 Å². The first-order chi connectivity index (χ1) is 9.36. The second-order valence-electron chi connectivity index (χ2n) is 5.26. The van der Waals surface area contributed by atoms with Crippen LogP contribution in [0.5, 0.6) is 0 Å². The summed E-state index contributed by atoms with van der Waals surface area (Å²) in [4.78, 5) is -0.329. The van der Waals surface area contributed by atoms with Gasteiger partial charge in [0, 0.05) is 13.1 Å². The zero-order chi connectivity index (χ0) is 15.2. The molecule has 0 radical (unpaired) electrons. The second kappa shape index (κ2) is 7.71. The van der Waals surface area contributed by atoms with Crippen LogP contribution in [0.4, 0.5) is 4.39 Å². The van der Waals surface area contributed by atoms with Crippen molar-refractivity contribution < 1.29 is 12.8 Å². The lowest BCUT2D eigenvalue weighted by atomic mass is 10.1. The molecular weight excluding hydrogens is 279 g/mol. The van der Waals surface area contributed by atoms with Gasteiger partial charge in [0.15, 0.2) is 0 Å². The maximum atomic E-state index is 13.6. The summed E-state index contributed by atoms with van der Waals surface area (Å²) in [5, 5.41) is 0. The quantitative estimate of drug-likeness (QED) is 0.724. The fourth-order valence-electron chi connectivity index (χ4n) is 1.84. The Morgan fingerprint density at radius 1 is 1.30 bits per heavy atom. The van der Waals surface area contributed by atoms with Crippen LogP contribution in [0.3, 0.4) is 0 Å². The molecule has 6 heteroatoms. The molecule has 0 heterocycles. The van der Waals surface area contributed by atoms with Gasteiger partial charge in [-0.15, -0.1) is 0 Å². The molecule has 1 aromatic rings. The van der Waals surface area contributed by atoms with Crippen molar-refractivity contribution in [3.8, 4) is 0 Å². The van der Waals surface area contributed by atoms with Crippen LogP contribution in [0.15, 0.2) is 23.1 Å². The first-order valence-electron chi connectivity index (χ1n) is 6.85. The molecule has 0 saturated carbocycles. The standard InChI is InChI=1S/C14H23FN2O2S/c1-11(2)5-3-4-8-17-20(18,19)14-9-12(10-16)6-7-13(14)15/h6-7,9,11,17H,3-5,8,10,16H2,1-2H3. The van der Waals surface area contributed by atoms with Crippen molar-refractivity contribution >= 4 is 10.0 Å². The Morgan fingerprint density at radius 3 is 2.60 bits per heavy atom. The van der Waals surface area contributed by atoms with Crippen LogP contribution in [-0.2, 0) is 16.6 Å². The average molecular weight is 302 g/mol. The van der Waals surface area contributed by atoms with Crippen molar-refractivity contribution in [1.82, 2.24) is 4.72 Å². The van der Waals surface area contributed by atoms with Crippen LogP contribution in [0, 0.1) is 11.7 Å². The summed E-state index contributed by atoms with van der Waals surface area (Å²) in [6.07, 6.45) is 2.75. The van der Waals surface area contributed by atoms with Gasteiger partial charge >= 0.3 is 0 Å². The molecule has 0 aromatic heterocycles. The zero-order valence-electron chi connectivity index (χ0n) is 12.0. The maximum absolute atomic E-state index is 13.6. The molecule has 0 spiro atoms. The van der Waals surface area contributed by atoms with Crippen molar-refractivity contribution in [2.75, 3.05) is 6.54 Å². The number of nitrogens with two attached hydrogens (primary N) is 1. The fourth-order valence-corrected chi connectivity index (χ4v) is 3.04. The van der Waals surface area contributed by atoms with Crippen molar-refractivity contribution in [1.29, 1.82) is 0 Å². The molecule has 0 aliphatic carbocycles. The van der Waals surface area contributed by atoms with Gasteiger partial charge in [-0.1, -0.05) is 32.8 Å². The van der Waals surface area contributed by atoms with Crippen LogP contribution < -0.4 is 10.5 Å². The van der Waals surface area contributed by atoms with Gasteiger partial charge in [0.2, 0.25) is 10.0 Å². The Kier molecular flexibility index (Phi) is 6.58. The highest BCUT2D eigenvalue weighted by Crippen LogP contribution is 2.16. The molecule has 20 heavy (non-hydrogen) atoms. The normalized spacial score (nSPS) is 12.1. The Hall–Kier alpha value is -0.980. The van der Waals surface area contributed by atoms with E-state index in [9.17, 15) is 12.8 Å². The largest absolute Gasteiger partial charge is 0.326 e. The predicted molar refractivity (Wildman–Crippen MR) is 78.2 cm³/mol. The molecule has 0 amide bonds. The van der Waals surface area contributed by atoms with E-state index >= 15 is 0 Å². The summed E-state index contributed by atoms with van der Waals surface area (Å²) in [6, 6.07) is 3.90. The van der Waals surface area contributed by atoms with E-state index in [1.54, 1.807) is 0 Å². The summed E-state index contributed by atoms with van der Waals surface area (Å²) in [6.45, 7) is 4.74. The lowest BCUT2D eigenvalue weighted by molar-refractivity contribution is 0.527. The van der Waals surface area contributed by atoms with Gasteiger partial charge < -0.3 is 5.73 Å². The minimum Gasteiger partial charge on any atom is -0.326 e. The minimum atomic E-state index is -3.80. The number of hydrogen-bond donors (Lipinski definition) is 2. The van der Waals surface area contributed by atoms with Crippen LogP contribution in [-0.4, -0.2) is 15.0 Å². The monoisotopic (exact) mass is 302 g/mol. The third-order valence-electron chi connectivity index (χ3n) is 3.02. The van der Waals surface area contributed by atoms with E-state index in [1.807, 2.05) is 0 Å². The highest BCUT2D eigenvalue weighted by molar-refractivity contribution is 7.89. The third kappa shape index (κ3) is 5.19. The van der Waals surface area contributed by atoms with E-state index in [0.717, 1.165) is 25.3 Å². The molecule has 0 bridgehead atoms. The summed E-state index contributed by atoms with van der Waals surface area (Å²) >= 11 is 0. The van der Waals surface area contributed by atoms with Gasteiger partial charge in [-0.25, -0.2) is 17.5 Å². The molecular formula is C14H23FN2O2S. The smallest absolute Gasteiger partial charge is 0.243 e. The molecule has 1 aromatic carbocycles. The predicted octanol–water partition coefficient (Wildman–Crippen LogP) is 2.39. The third-order valence-corrected chi connectivity index (χ3v) is 4.50. The number of unbranched alkanes of at least 4 members (excludes halogenated alkanes) is 1. The van der Waals surface area contributed by atoms with Crippen molar-refractivity contribution in [2.24, 2.45) is 11.7 Å². The Bertz CT molecular complexity index is 530. The number of hydrogen-bond acceptors (Lipinski definition) is 3. The van der Waals surface area contributed by atoms with E-state index in [2.05, 4.69) is 18.6 Å². The molecule has 114 valence electrons. The molecule has 0 aliphatic heterocycles. The highest BCUT2D eigenvalue weighted by atomic mass is 32.2. The Morgan fingerprint density at radius 2 is 2.00 bits per heavy atom. The molecule has 0 saturated heterocycles. The van der Waals surface area contributed by atoms with Crippen molar-refractivity contribution in [2.45, 2.75) is 44.6 Å². The Balaban J connectivity index is 2.64.